The van der Waals surface area contributed by atoms with Crippen molar-refractivity contribution in [2.45, 2.75) is 19.9 Å². The van der Waals surface area contributed by atoms with Crippen molar-refractivity contribution in [1.82, 2.24) is 15.3 Å². The third-order valence-electron chi connectivity index (χ3n) is 3.67. The highest BCUT2D eigenvalue weighted by atomic mass is 15.3. The van der Waals surface area contributed by atoms with E-state index in [-0.39, 0.29) is 0 Å². The SMILES string of the molecule is Cc1ccc(-c2cnc(N3CCNC(C)C3)nc2)cc1. The lowest BCUT2D eigenvalue weighted by molar-refractivity contribution is 0.479. The number of nitrogens with zero attached hydrogens (tertiary/aromatic N) is 3. The average Bonchev–Trinajstić information content (AvgIpc) is 2.48. The quantitative estimate of drug-likeness (QED) is 0.907. The van der Waals surface area contributed by atoms with Gasteiger partial charge in [-0.2, -0.15) is 0 Å². The van der Waals surface area contributed by atoms with Crippen LogP contribution >= 0.6 is 0 Å². The summed E-state index contributed by atoms with van der Waals surface area (Å²) in [7, 11) is 0. The van der Waals surface area contributed by atoms with Gasteiger partial charge in [0.25, 0.3) is 0 Å². The molecule has 0 aliphatic carbocycles. The molecule has 1 atom stereocenters. The minimum atomic E-state index is 0.490. The molecule has 20 heavy (non-hydrogen) atoms. The molecule has 104 valence electrons. The molecule has 4 heteroatoms. The fourth-order valence-electron chi connectivity index (χ4n) is 2.49. The van der Waals surface area contributed by atoms with Crippen molar-refractivity contribution >= 4 is 5.95 Å². The van der Waals surface area contributed by atoms with Crippen LogP contribution < -0.4 is 10.2 Å². The van der Waals surface area contributed by atoms with Gasteiger partial charge in [-0.05, 0) is 19.4 Å². The fraction of sp³-hybridized carbons (Fsp3) is 0.375. The van der Waals surface area contributed by atoms with Crippen molar-refractivity contribution in [2.24, 2.45) is 0 Å². The van der Waals surface area contributed by atoms with Gasteiger partial charge in [-0.15, -0.1) is 0 Å². The number of piperazine rings is 1. The van der Waals surface area contributed by atoms with Gasteiger partial charge in [0.1, 0.15) is 0 Å². The van der Waals surface area contributed by atoms with Gasteiger partial charge in [-0.1, -0.05) is 29.8 Å². The molecule has 1 unspecified atom stereocenters. The van der Waals surface area contributed by atoms with Crippen LogP contribution in [0.2, 0.25) is 0 Å². The fourth-order valence-corrected chi connectivity index (χ4v) is 2.49. The Balaban J connectivity index is 1.78. The standard InChI is InChI=1S/C16H20N4/c1-12-3-5-14(6-4-12)15-9-18-16(19-10-15)20-8-7-17-13(2)11-20/h3-6,9-10,13,17H,7-8,11H2,1-2H3. The first-order chi connectivity index (χ1) is 9.72. The van der Waals surface area contributed by atoms with E-state index in [1.54, 1.807) is 0 Å². The largest absolute Gasteiger partial charge is 0.338 e. The summed E-state index contributed by atoms with van der Waals surface area (Å²) in [6.07, 6.45) is 3.83. The monoisotopic (exact) mass is 268 g/mol. The van der Waals surface area contributed by atoms with Crippen molar-refractivity contribution in [1.29, 1.82) is 0 Å². The Morgan fingerprint density at radius 2 is 1.80 bits per heavy atom. The second-order valence-corrected chi connectivity index (χ2v) is 5.44. The summed E-state index contributed by atoms with van der Waals surface area (Å²) in [6, 6.07) is 8.94. The summed E-state index contributed by atoms with van der Waals surface area (Å²) in [5, 5.41) is 3.43. The predicted octanol–water partition coefficient (Wildman–Crippen LogP) is 2.25. The van der Waals surface area contributed by atoms with E-state index in [2.05, 4.69) is 58.3 Å². The number of aromatic nitrogens is 2. The lowest BCUT2D eigenvalue weighted by Gasteiger charge is -2.31. The van der Waals surface area contributed by atoms with Gasteiger partial charge < -0.3 is 10.2 Å². The van der Waals surface area contributed by atoms with Crippen LogP contribution in [0.3, 0.4) is 0 Å². The maximum atomic E-state index is 4.52. The minimum Gasteiger partial charge on any atom is -0.338 e. The summed E-state index contributed by atoms with van der Waals surface area (Å²) in [4.78, 5) is 11.3. The number of benzene rings is 1. The highest BCUT2D eigenvalue weighted by Crippen LogP contribution is 2.19. The van der Waals surface area contributed by atoms with Crippen molar-refractivity contribution < 1.29 is 0 Å². The molecular weight excluding hydrogens is 248 g/mol. The zero-order valence-electron chi connectivity index (χ0n) is 12.0. The van der Waals surface area contributed by atoms with Gasteiger partial charge >= 0.3 is 0 Å². The van der Waals surface area contributed by atoms with Crippen molar-refractivity contribution in [3.05, 3.63) is 42.2 Å². The summed E-state index contributed by atoms with van der Waals surface area (Å²) in [6.45, 7) is 7.20. The molecule has 2 aromatic rings. The van der Waals surface area contributed by atoms with Gasteiger partial charge in [0.05, 0.1) is 0 Å². The highest BCUT2D eigenvalue weighted by Gasteiger charge is 2.17. The molecule has 1 aliphatic rings. The Hall–Kier alpha value is -1.94. The third-order valence-corrected chi connectivity index (χ3v) is 3.67. The van der Waals surface area contributed by atoms with E-state index in [9.17, 15) is 0 Å². The summed E-state index contributed by atoms with van der Waals surface area (Å²) in [5.41, 5.74) is 3.49. The van der Waals surface area contributed by atoms with Crippen LogP contribution in [-0.2, 0) is 0 Å². The van der Waals surface area contributed by atoms with E-state index in [0.29, 0.717) is 6.04 Å². The molecule has 1 aliphatic heterocycles. The first-order valence-electron chi connectivity index (χ1n) is 7.10. The second-order valence-electron chi connectivity index (χ2n) is 5.44. The van der Waals surface area contributed by atoms with Gasteiger partial charge in [0, 0.05) is 43.6 Å². The number of hydrogen-bond acceptors (Lipinski definition) is 4. The van der Waals surface area contributed by atoms with E-state index in [1.807, 2.05) is 12.4 Å². The van der Waals surface area contributed by atoms with Gasteiger partial charge in [-0.3, -0.25) is 0 Å². The van der Waals surface area contributed by atoms with Crippen LogP contribution in [0.1, 0.15) is 12.5 Å². The zero-order chi connectivity index (χ0) is 13.9. The van der Waals surface area contributed by atoms with E-state index in [0.717, 1.165) is 36.7 Å². The summed E-state index contributed by atoms with van der Waals surface area (Å²) < 4.78 is 0. The lowest BCUT2D eigenvalue weighted by atomic mass is 10.1. The van der Waals surface area contributed by atoms with Crippen LogP contribution in [-0.4, -0.2) is 35.6 Å². The van der Waals surface area contributed by atoms with Crippen molar-refractivity contribution in [2.75, 3.05) is 24.5 Å². The second kappa shape index (κ2) is 5.59. The molecule has 4 nitrogen and oxygen atoms in total. The molecule has 0 saturated carbocycles. The molecule has 3 rings (SSSR count). The molecule has 0 radical (unpaired) electrons. The molecule has 1 N–H and O–H groups in total. The normalized spacial score (nSPS) is 19.1. The predicted molar refractivity (Wildman–Crippen MR) is 81.9 cm³/mol. The molecule has 1 saturated heterocycles. The van der Waals surface area contributed by atoms with Crippen LogP contribution in [0.4, 0.5) is 5.95 Å². The first-order valence-corrected chi connectivity index (χ1v) is 7.10. The molecule has 0 spiro atoms. The molecule has 2 heterocycles. The van der Waals surface area contributed by atoms with E-state index in [1.165, 1.54) is 5.56 Å². The Kier molecular flexibility index (Phi) is 3.65. The van der Waals surface area contributed by atoms with Crippen LogP contribution in [0.15, 0.2) is 36.7 Å². The number of anilines is 1. The lowest BCUT2D eigenvalue weighted by Crippen LogP contribution is -2.49. The van der Waals surface area contributed by atoms with Crippen molar-refractivity contribution in [3.8, 4) is 11.1 Å². The smallest absolute Gasteiger partial charge is 0.225 e. The minimum absolute atomic E-state index is 0.490. The molecule has 1 aromatic carbocycles. The number of rotatable bonds is 2. The van der Waals surface area contributed by atoms with Gasteiger partial charge in [0.2, 0.25) is 5.95 Å². The van der Waals surface area contributed by atoms with E-state index < -0.39 is 0 Å². The number of nitrogens with one attached hydrogen (secondary N) is 1. The topological polar surface area (TPSA) is 41.1 Å². The Labute approximate surface area is 119 Å². The van der Waals surface area contributed by atoms with Gasteiger partial charge in [0.15, 0.2) is 0 Å². The van der Waals surface area contributed by atoms with Crippen LogP contribution in [0, 0.1) is 6.92 Å². The summed E-state index contributed by atoms with van der Waals surface area (Å²) in [5.74, 6) is 0.828. The van der Waals surface area contributed by atoms with E-state index in [4.69, 9.17) is 0 Å². The maximum absolute atomic E-state index is 4.52. The highest BCUT2D eigenvalue weighted by molar-refractivity contribution is 5.62. The van der Waals surface area contributed by atoms with Crippen LogP contribution in [0.5, 0.6) is 0 Å². The van der Waals surface area contributed by atoms with Crippen LogP contribution in [0.25, 0.3) is 11.1 Å². The molecule has 1 fully saturated rings. The van der Waals surface area contributed by atoms with E-state index >= 15 is 0 Å². The Morgan fingerprint density at radius 1 is 1.10 bits per heavy atom. The zero-order valence-corrected chi connectivity index (χ0v) is 12.0. The Morgan fingerprint density at radius 3 is 2.45 bits per heavy atom. The maximum Gasteiger partial charge on any atom is 0.225 e. The van der Waals surface area contributed by atoms with Crippen molar-refractivity contribution in [3.63, 3.8) is 0 Å². The number of hydrogen-bond donors (Lipinski definition) is 1. The summed E-state index contributed by atoms with van der Waals surface area (Å²) >= 11 is 0. The Bertz CT molecular complexity index is 562. The number of aryl methyl sites for hydroxylation is 1. The first kappa shape index (κ1) is 13.1. The van der Waals surface area contributed by atoms with Gasteiger partial charge in [-0.25, -0.2) is 9.97 Å². The average molecular weight is 268 g/mol. The molecule has 1 aromatic heterocycles. The third kappa shape index (κ3) is 2.80. The molecular formula is C16H20N4. The molecule has 0 amide bonds. The molecule has 0 bridgehead atoms.